The number of carbonyl (C=O) groups excluding carboxylic acids is 1. The number of hydrogen-bond acceptors (Lipinski definition) is 4. The fourth-order valence-electron chi connectivity index (χ4n) is 4.71. The maximum atomic E-state index is 13.2. The second kappa shape index (κ2) is 6.59. The molecule has 2 bridgehead atoms. The number of aryl methyl sites for hydroxylation is 2. The predicted molar refractivity (Wildman–Crippen MR) is 108 cm³/mol. The van der Waals surface area contributed by atoms with Crippen LogP contribution in [0.15, 0.2) is 35.5 Å². The fourth-order valence-corrected chi connectivity index (χ4v) is 4.95. The fraction of sp³-hybridized carbons (Fsp3) is 0.400. The van der Waals surface area contributed by atoms with E-state index >= 15 is 0 Å². The Hall–Kier alpha value is -2.87. The van der Waals surface area contributed by atoms with Crippen LogP contribution in [-0.2, 0) is 20.6 Å². The lowest BCUT2D eigenvalue weighted by atomic mass is 9.83. The molecule has 0 radical (unpaired) electrons. The monoisotopic (exact) mass is 412 g/mol. The van der Waals surface area contributed by atoms with Crippen molar-refractivity contribution in [3.8, 4) is 11.4 Å². The molecule has 0 unspecified atom stereocenters. The van der Waals surface area contributed by atoms with Gasteiger partial charge in [0.25, 0.3) is 11.5 Å². The molecule has 2 atom stereocenters. The van der Waals surface area contributed by atoms with E-state index in [-0.39, 0.29) is 23.3 Å². The van der Waals surface area contributed by atoms with E-state index in [2.05, 4.69) is 10.1 Å². The summed E-state index contributed by atoms with van der Waals surface area (Å²) in [6.07, 6.45) is 6.00. The first-order chi connectivity index (χ1) is 13.9. The Balaban J connectivity index is 1.49. The summed E-state index contributed by atoms with van der Waals surface area (Å²) in [6, 6.07) is 3.87. The van der Waals surface area contributed by atoms with Gasteiger partial charge >= 0.3 is 0 Å². The van der Waals surface area contributed by atoms with Crippen molar-refractivity contribution in [2.45, 2.75) is 18.9 Å². The first-order valence-corrected chi connectivity index (χ1v) is 10.00. The summed E-state index contributed by atoms with van der Waals surface area (Å²) < 4.78 is 5.25. The van der Waals surface area contributed by atoms with E-state index in [0.29, 0.717) is 41.7 Å². The van der Waals surface area contributed by atoms with Gasteiger partial charge in [0, 0.05) is 57.7 Å². The Morgan fingerprint density at radius 2 is 2.03 bits per heavy atom. The van der Waals surface area contributed by atoms with E-state index < -0.39 is 0 Å². The molecule has 1 fully saturated rings. The average molecular weight is 413 g/mol. The molecule has 9 heteroatoms. The Bertz CT molecular complexity index is 1160. The molecule has 0 N–H and O–H groups in total. The molecular formula is C20H21ClN6O2. The van der Waals surface area contributed by atoms with Crippen molar-refractivity contribution in [2.75, 3.05) is 13.1 Å². The summed E-state index contributed by atoms with van der Waals surface area (Å²) in [4.78, 5) is 32.4. The third-order valence-electron chi connectivity index (χ3n) is 6.05. The quantitative estimate of drug-likeness (QED) is 0.644. The van der Waals surface area contributed by atoms with Crippen LogP contribution in [0.3, 0.4) is 0 Å². The maximum Gasteiger partial charge on any atom is 0.273 e. The number of piperidine rings is 1. The highest BCUT2D eigenvalue weighted by Crippen LogP contribution is 2.36. The number of amides is 1. The lowest BCUT2D eigenvalue weighted by Gasteiger charge is -2.42. The normalized spacial score (nSPS) is 20.6. The van der Waals surface area contributed by atoms with Crippen molar-refractivity contribution in [2.24, 2.45) is 20.0 Å². The van der Waals surface area contributed by atoms with Crippen molar-refractivity contribution >= 4 is 17.5 Å². The molecule has 1 saturated heterocycles. The van der Waals surface area contributed by atoms with Gasteiger partial charge in [-0.1, -0.05) is 11.6 Å². The molecule has 2 aliphatic rings. The van der Waals surface area contributed by atoms with Gasteiger partial charge in [-0.05, 0) is 24.5 Å². The zero-order chi connectivity index (χ0) is 20.3. The van der Waals surface area contributed by atoms with Crippen molar-refractivity contribution in [3.05, 3.63) is 57.5 Å². The van der Waals surface area contributed by atoms with Gasteiger partial charge in [0.1, 0.15) is 11.5 Å². The highest BCUT2D eigenvalue weighted by Gasteiger charge is 2.38. The first-order valence-electron chi connectivity index (χ1n) is 9.62. The van der Waals surface area contributed by atoms with Gasteiger partial charge in [0.15, 0.2) is 0 Å². The van der Waals surface area contributed by atoms with Gasteiger partial charge < -0.3 is 14.0 Å². The number of halogens is 1. The summed E-state index contributed by atoms with van der Waals surface area (Å²) in [5, 5.41) is 4.44. The maximum absolute atomic E-state index is 13.2. The number of carbonyl (C=O) groups is 1. The molecule has 2 aliphatic heterocycles. The smallest absolute Gasteiger partial charge is 0.273 e. The minimum absolute atomic E-state index is 0.0130. The van der Waals surface area contributed by atoms with Gasteiger partial charge in [-0.3, -0.25) is 14.3 Å². The van der Waals surface area contributed by atoms with Crippen LogP contribution in [-0.4, -0.2) is 47.8 Å². The highest BCUT2D eigenvalue weighted by atomic mass is 35.5. The van der Waals surface area contributed by atoms with E-state index in [9.17, 15) is 9.59 Å². The number of aromatic nitrogens is 5. The van der Waals surface area contributed by atoms with Crippen LogP contribution in [0.5, 0.6) is 0 Å². The number of rotatable bonds is 2. The van der Waals surface area contributed by atoms with Crippen LogP contribution in [0.25, 0.3) is 11.4 Å². The van der Waals surface area contributed by atoms with Crippen LogP contribution >= 0.6 is 11.6 Å². The molecule has 5 rings (SSSR count). The van der Waals surface area contributed by atoms with Crippen LogP contribution in [0.1, 0.15) is 28.5 Å². The molecule has 3 aromatic rings. The summed E-state index contributed by atoms with van der Waals surface area (Å²) >= 11 is 6.18. The summed E-state index contributed by atoms with van der Waals surface area (Å²) in [6.45, 7) is 1.78. The minimum atomic E-state index is -0.106. The minimum Gasteiger partial charge on any atom is -0.336 e. The second-order valence-corrected chi connectivity index (χ2v) is 8.33. The molecule has 29 heavy (non-hydrogen) atoms. The van der Waals surface area contributed by atoms with Crippen molar-refractivity contribution < 1.29 is 4.79 Å². The average Bonchev–Trinajstić information content (AvgIpc) is 3.27. The van der Waals surface area contributed by atoms with Crippen molar-refractivity contribution in [3.63, 3.8) is 0 Å². The third-order valence-corrected chi connectivity index (χ3v) is 6.33. The number of nitrogens with zero attached hydrogens (tertiary/aromatic N) is 6. The van der Waals surface area contributed by atoms with E-state index in [4.69, 9.17) is 11.6 Å². The predicted octanol–water partition coefficient (Wildman–Crippen LogP) is 1.90. The lowest BCUT2D eigenvalue weighted by Crippen LogP contribution is -2.49. The molecule has 0 aliphatic carbocycles. The SMILES string of the molecule is Cn1ccnc1-c1ccc2n(c1=O)C[C@H]1C[C@@H]2CN(C(=O)c2c(Cl)cnn2C)C1. The Morgan fingerprint density at radius 1 is 1.21 bits per heavy atom. The number of hydrogen-bond donors (Lipinski definition) is 0. The van der Waals surface area contributed by atoms with Gasteiger partial charge in [-0.2, -0.15) is 5.10 Å². The van der Waals surface area contributed by atoms with E-state index in [1.807, 2.05) is 39.4 Å². The largest absolute Gasteiger partial charge is 0.336 e. The molecule has 0 saturated carbocycles. The van der Waals surface area contributed by atoms with Gasteiger partial charge in [-0.15, -0.1) is 0 Å². The Labute approximate surface area is 172 Å². The highest BCUT2D eigenvalue weighted by molar-refractivity contribution is 6.33. The Kier molecular flexibility index (Phi) is 4.13. The van der Waals surface area contributed by atoms with Gasteiger partial charge in [0.05, 0.1) is 16.8 Å². The third kappa shape index (κ3) is 2.81. The first kappa shape index (κ1) is 18.2. The zero-order valence-corrected chi connectivity index (χ0v) is 17.0. The standard InChI is InChI=1S/C20H21ClN6O2/c1-24-6-5-22-18(24)14-3-4-16-13-7-12(10-27(16)19(14)28)9-26(11-13)20(29)17-15(21)8-23-25(17)2/h3-6,8,12-13H,7,9-11H2,1-2H3/t12-,13+/m0/s1. The van der Waals surface area contributed by atoms with Crippen LogP contribution < -0.4 is 5.56 Å². The van der Waals surface area contributed by atoms with Crippen LogP contribution in [0.4, 0.5) is 0 Å². The van der Waals surface area contributed by atoms with E-state index in [0.717, 1.165) is 12.1 Å². The summed E-state index contributed by atoms with van der Waals surface area (Å²) in [5.41, 5.74) is 1.99. The molecule has 0 aromatic carbocycles. The van der Waals surface area contributed by atoms with Gasteiger partial charge in [-0.25, -0.2) is 4.98 Å². The zero-order valence-electron chi connectivity index (χ0n) is 16.2. The number of imidazole rings is 1. The van der Waals surface area contributed by atoms with E-state index in [1.54, 1.807) is 13.2 Å². The number of pyridine rings is 1. The molecule has 5 heterocycles. The number of fused-ring (bicyclic) bond motifs is 4. The molecule has 8 nitrogen and oxygen atoms in total. The molecular weight excluding hydrogens is 392 g/mol. The van der Waals surface area contributed by atoms with Crippen LogP contribution in [0.2, 0.25) is 5.02 Å². The second-order valence-electron chi connectivity index (χ2n) is 7.92. The summed E-state index contributed by atoms with van der Waals surface area (Å²) in [5.74, 6) is 0.918. The van der Waals surface area contributed by atoms with Crippen LogP contribution in [0, 0.1) is 5.92 Å². The topological polar surface area (TPSA) is 78.0 Å². The van der Waals surface area contributed by atoms with E-state index in [1.165, 1.54) is 10.9 Å². The lowest BCUT2D eigenvalue weighted by molar-refractivity contribution is 0.0584. The molecule has 150 valence electrons. The molecule has 0 spiro atoms. The van der Waals surface area contributed by atoms with Crippen molar-refractivity contribution in [1.82, 2.24) is 28.8 Å². The Morgan fingerprint density at radius 3 is 2.72 bits per heavy atom. The molecule has 1 amide bonds. The van der Waals surface area contributed by atoms with Gasteiger partial charge in [0.2, 0.25) is 0 Å². The number of likely N-dealkylation sites (tertiary alicyclic amines) is 1. The van der Waals surface area contributed by atoms with Crippen molar-refractivity contribution in [1.29, 1.82) is 0 Å². The molecule has 3 aromatic heterocycles. The summed E-state index contributed by atoms with van der Waals surface area (Å²) in [7, 11) is 3.60.